The van der Waals surface area contributed by atoms with Crippen LogP contribution in [0.3, 0.4) is 0 Å². The second kappa shape index (κ2) is 45.3. The molecule has 21 N–H and O–H groups in total. The lowest BCUT2D eigenvalue weighted by Crippen LogP contribution is -2.33. The van der Waals surface area contributed by atoms with E-state index in [0.29, 0.717) is 25.8 Å². The fourth-order valence-corrected chi connectivity index (χ4v) is 24.0. The van der Waals surface area contributed by atoms with Crippen LogP contribution < -0.4 is 62.2 Å². The van der Waals surface area contributed by atoms with Gasteiger partial charge >= 0.3 is 64.0 Å². The number of phosphoric acid groups is 6. The molecule has 68 heteroatoms. The van der Waals surface area contributed by atoms with Gasteiger partial charge in [-0.25, -0.2) is 76.7 Å². The van der Waals surface area contributed by atoms with Crippen molar-refractivity contribution in [3.05, 3.63) is 180 Å². The summed E-state index contributed by atoms with van der Waals surface area (Å²) in [5.74, 6) is -1.76. The number of aliphatic hydroxyl groups is 2. The maximum atomic E-state index is 14.7. The number of phosphoric ester groups is 6. The molecule has 6 saturated heterocycles. The number of anilines is 5. The second-order valence-electron chi connectivity index (χ2n) is 35.5. The number of H-pyrrole nitrogens is 2. The number of nitrogens with one attached hydrogen (secondary N) is 3. The van der Waals surface area contributed by atoms with E-state index in [-0.39, 0.29) is 99.9 Å². The smallest absolute Gasteiger partial charge is 0.396 e. The third-order valence-corrected chi connectivity index (χ3v) is 31.5. The minimum Gasteiger partial charge on any atom is -0.396 e. The summed E-state index contributed by atoms with van der Waals surface area (Å²) in [5.41, 5.74) is 25.8. The lowest BCUT2D eigenvalue weighted by atomic mass is 9.94. The Balaban J connectivity index is 0.532. The number of aromatic amines is 2. The maximum absolute atomic E-state index is 14.7. The first-order valence-corrected chi connectivity index (χ1v) is 55.3. The number of hydrogen-bond donors (Lipinski definition) is 16. The monoisotopic (exact) mass is 2220 g/mol. The molecule has 7 unspecified atom stereocenters. The molecule has 3 aromatic carbocycles. The molecule has 12 aromatic rings. The molecule has 6 fully saturated rings. The molecule has 62 nitrogen and oxygen atoms in total. The molecule has 25 atom stereocenters. The molecule has 0 spiro atoms. The Morgan fingerprint density at radius 2 is 0.833 bits per heavy atom. The summed E-state index contributed by atoms with van der Waals surface area (Å²) < 4.78 is 197. The quantitative estimate of drug-likeness (QED) is 0.0148. The van der Waals surface area contributed by atoms with E-state index >= 15 is 0 Å². The molecule has 18 rings (SSSR count). The van der Waals surface area contributed by atoms with Crippen molar-refractivity contribution in [1.82, 2.24) is 92.5 Å². The fourth-order valence-electron chi connectivity index (χ4n) is 18.2. The standard InChI is InChI=1S/C82H102N24O38P6/c1-41-27-103(82(114)100-77(41)110)65-23-50(56(135-65)32-130-147(119,120)141-49-22-64(102-19-16-61(84)97-81(102)113)134-55(49)31-129-149(123,124)144-53-26-68(106-40-95-71-76(106)98-79(87)99-78(71)111)138-59(53)35-128-146(117,118)139-48-21-63(133-54(48)29-108)101-18-15-60(83)96-80(101)112)142-148(121,122)131-34-58-52(25-67(137-58)105-39-94-70-73(86)90-37-92-75(70)105)143-150(125,126)132-33-57-51(24-66(136-57)104-38-93-69-72(85)89-36-91-74(69)104)140-145(115,116)127-30-42(28-107)8-6-7-17-88-62(109)14-13-47-45-11-4-2-9-43(45)20-44-10-3-5-12-46(44)47/h2-5,9-12,15-16,18-20,27,36-40,42,48-59,63-68,107-108H,6-8,13-14,17,21-26,28-35H2,1H3,(H,88,109)(H,115,116)(H,117,118)(H,119,120)(H,121,122)(H,123,124)(H,125,126)(H2,83,96,112)(H2,84,97,113)(H2,85,89,91)(H2,86,90,92)(H,100,110,114)(H3,87,98,99,111)/t42?,48-,49-,50-,51-,52-,53-,54+,55+,56+,57+,58+,59+,63+,64+,65+,66+,67+,68+/m0/s1. The van der Waals surface area contributed by atoms with Gasteiger partial charge in [-0.1, -0.05) is 55.0 Å². The number of nitrogen functional groups attached to an aromatic ring is 5. The summed E-state index contributed by atoms with van der Waals surface area (Å²) in [6.07, 6.45) is -20.2. The van der Waals surface area contributed by atoms with E-state index in [2.05, 4.69) is 71.2 Å². The van der Waals surface area contributed by atoms with Crippen molar-refractivity contribution in [1.29, 1.82) is 0 Å². The van der Waals surface area contributed by atoms with Gasteiger partial charge in [0.25, 0.3) is 11.1 Å². The summed E-state index contributed by atoms with van der Waals surface area (Å²) in [4.78, 5) is 193. The molecule has 0 bridgehead atoms. The Kier molecular flexibility index (Phi) is 32.8. The number of carbonyl (C=O) groups excluding carboxylic acids is 1. The molecule has 6 aliphatic rings. The number of unbranched alkanes of at least 4 members (excludes halogenated alkanes) is 1. The molecule has 0 saturated carbocycles. The van der Waals surface area contributed by atoms with Crippen LogP contribution in [0.25, 0.3) is 55.0 Å². The lowest BCUT2D eigenvalue weighted by Gasteiger charge is -2.26. The van der Waals surface area contributed by atoms with Crippen LogP contribution in [-0.2, 0) is 121 Å². The Morgan fingerprint density at radius 1 is 0.453 bits per heavy atom. The first-order valence-electron chi connectivity index (χ1n) is 46.3. The van der Waals surface area contributed by atoms with Crippen molar-refractivity contribution < 1.29 is 154 Å². The zero-order valence-electron chi connectivity index (χ0n) is 78.6. The third kappa shape index (κ3) is 25.5. The number of aliphatic hydroxyl groups excluding tert-OH is 2. The molecule has 808 valence electrons. The van der Waals surface area contributed by atoms with E-state index in [9.17, 15) is 95.7 Å². The van der Waals surface area contributed by atoms with Crippen molar-refractivity contribution in [2.45, 2.75) is 188 Å². The van der Waals surface area contributed by atoms with E-state index in [1.165, 1.54) is 51.6 Å². The van der Waals surface area contributed by atoms with Crippen molar-refractivity contribution >= 4 is 137 Å². The van der Waals surface area contributed by atoms with E-state index < -0.39 is 270 Å². The van der Waals surface area contributed by atoms with Crippen LogP contribution in [0, 0.1) is 12.8 Å². The molecule has 9 aromatic heterocycles. The normalized spacial score (nSPS) is 26.8. The van der Waals surface area contributed by atoms with Gasteiger partial charge < -0.3 is 102 Å². The number of ether oxygens (including phenoxy) is 6. The summed E-state index contributed by atoms with van der Waals surface area (Å²) >= 11 is 0. The summed E-state index contributed by atoms with van der Waals surface area (Å²) in [6, 6.07) is 20.5. The van der Waals surface area contributed by atoms with E-state index in [4.69, 9.17) is 111 Å². The Morgan fingerprint density at radius 3 is 1.25 bits per heavy atom. The van der Waals surface area contributed by atoms with Crippen LogP contribution >= 0.6 is 46.9 Å². The molecular weight excluding hydrogens is 2110 g/mol. The highest BCUT2D eigenvalue weighted by atomic mass is 31.2. The molecule has 1 amide bonds. The zero-order chi connectivity index (χ0) is 106. The number of imidazole rings is 3. The molecular formula is C82H102N24O38P6. The average molecular weight is 2220 g/mol. The van der Waals surface area contributed by atoms with Gasteiger partial charge in [-0.2, -0.15) is 15.0 Å². The highest BCUT2D eigenvalue weighted by molar-refractivity contribution is 7.48. The average Bonchev–Trinajstić information content (AvgIpc) is 1.40. The van der Waals surface area contributed by atoms with Crippen LogP contribution in [0.4, 0.5) is 29.2 Å². The zero-order valence-corrected chi connectivity index (χ0v) is 84.0. The van der Waals surface area contributed by atoms with Crippen molar-refractivity contribution in [3.63, 3.8) is 0 Å². The van der Waals surface area contributed by atoms with Gasteiger partial charge in [0.2, 0.25) is 11.9 Å². The Labute approximate surface area is 842 Å². The number of benzene rings is 3. The topological polar surface area (TPSA) is 865 Å². The SMILES string of the molecule is Cc1cn([C@H]2C[C@H](OP(=O)(O)OC[C@H]3O[C@@H](n4cnc5c(N)ncnc54)C[C@@H]3OP(=O)(O)OC[C@H]3O[C@@H](n4cnc5c(N)ncnc54)C[C@@H]3OP(=O)(O)OCC(CO)CCCCNC(=O)CCc3c4ccccc4cc4ccccc34)[C@@H](COP(=O)(O)O[C@H]3C[C@H](n4ccc(N)nc4=O)O[C@@H]3COP(=O)(O)O[C@H]3C[C@H](n4cnc5c(=O)[nH]c(N)nc54)O[C@@H]3COP(=O)(O)O[C@H]3C[C@H](n4ccc(N)nc4=O)O[C@@H]3CO)O2)c(=O)[nH]c1=O. The van der Waals surface area contributed by atoms with E-state index in [0.717, 1.165) is 72.2 Å². The number of fused-ring (bicyclic) bond motifs is 5. The molecule has 6 aliphatic heterocycles. The number of rotatable bonds is 46. The molecule has 0 aliphatic carbocycles. The van der Waals surface area contributed by atoms with Gasteiger partial charge in [-0.05, 0) is 71.5 Å². The highest BCUT2D eigenvalue weighted by Gasteiger charge is 2.53. The van der Waals surface area contributed by atoms with E-state index in [1.807, 2.05) is 48.5 Å². The van der Waals surface area contributed by atoms with Crippen molar-refractivity contribution in [2.24, 2.45) is 5.92 Å². The predicted molar refractivity (Wildman–Crippen MR) is 513 cm³/mol. The summed E-state index contributed by atoms with van der Waals surface area (Å²) in [6.45, 7) is -5.64. The Hall–Kier alpha value is -11.1. The third-order valence-electron chi connectivity index (χ3n) is 25.4. The number of aryl methyl sites for hydroxylation is 2. The lowest BCUT2D eigenvalue weighted by molar-refractivity contribution is -0.121. The largest absolute Gasteiger partial charge is 0.472 e. The fraction of sp³-hybridized carbons (Fsp3) is 0.488. The van der Waals surface area contributed by atoms with Gasteiger partial charge in [-0.3, -0.25) is 106 Å². The van der Waals surface area contributed by atoms with Crippen LogP contribution in [0.15, 0.2) is 141 Å². The van der Waals surface area contributed by atoms with Crippen LogP contribution in [0.1, 0.15) is 113 Å². The summed E-state index contributed by atoms with van der Waals surface area (Å²) in [7, 11) is -33.1. The van der Waals surface area contributed by atoms with E-state index in [1.54, 1.807) is 0 Å². The van der Waals surface area contributed by atoms with Crippen LogP contribution in [-0.4, -0.2) is 265 Å². The first-order chi connectivity index (χ1) is 71.5. The van der Waals surface area contributed by atoms with Crippen molar-refractivity contribution in [2.75, 3.05) is 88.1 Å². The minimum absolute atomic E-state index is 0.0278. The van der Waals surface area contributed by atoms with Crippen LogP contribution in [0.5, 0.6) is 0 Å². The van der Waals surface area contributed by atoms with Gasteiger partial charge in [0.1, 0.15) is 146 Å². The second-order valence-corrected chi connectivity index (χ2v) is 44.0. The number of nitrogens with two attached hydrogens (primary N) is 5. The van der Waals surface area contributed by atoms with Crippen molar-refractivity contribution in [3.8, 4) is 0 Å². The number of aromatic nitrogens is 18. The molecule has 150 heavy (non-hydrogen) atoms. The number of carbonyl (C=O) groups is 1. The van der Waals surface area contributed by atoms with Gasteiger partial charge in [-0.15, -0.1) is 0 Å². The first kappa shape index (κ1) is 109. The van der Waals surface area contributed by atoms with Gasteiger partial charge in [0.15, 0.2) is 34.1 Å². The minimum atomic E-state index is -5.71. The van der Waals surface area contributed by atoms with Gasteiger partial charge in [0.05, 0.1) is 65.2 Å². The highest BCUT2D eigenvalue weighted by Crippen LogP contribution is 2.58. The number of amides is 1. The molecule has 15 heterocycles. The maximum Gasteiger partial charge on any atom is 0.472 e. The number of hydrogen-bond acceptors (Lipinski definition) is 47. The predicted octanol–water partition coefficient (Wildman–Crippen LogP) is 2.65. The van der Waals surface area contributed by atoms with Gasteiger partial charge in [0, 0.05) is 88.2 Å². The summed E-state index contributed by atoms with van der Waals surface area (Å²) in [5, 5.41) is 27.8. The Bertz CT molecular complexity index is 7580. The molecule has 0 radical (unpaired) electrons. The number of nitrogens with zero attached hydrogens (tertiary/aromatic N) is 16. The van der Waals surface area contributed by atoms with Crippen LogP contribution in [0.2, 0.25) is 0 Å².